The Balaban J connectivity index is 2.86. The maximum atomic E-state index is 12.0. The predicted octanol–water partition coefficient (Wildman–Crippen LogP) is 2.47. The van der Waals surface area contributed by atoms with Crippen LogP contribution in [0.25, 0.3) is 0 Å². The van der Waals surface area contributed by atoms with Crippen molar-refractivity contribution < 1.29 is 13.2 Å². The first kappa shape index (κ1) is 15.0. The van der Waals surface area contributed by atoms with Crippen LogP contribution in [0.1, 0.15) is 39.3 Å². The summed E-state index contributed by atoms with van der Waals surface area (Å²) in [5, 5.41) is 0. The molecule has 0 saturated carbocycles. The second-order valence-corrected chi connectivity index (χ2v) is 7.70. The zero-order chi connectivity index (χ0) is 14.0. The molecule has 0 saturated heterocycles. The fraction of sp³-hybridized carbons (Fsp3) is 0.538. The Bertz CT molecular complexity index is 486. The van der Waals surface area contributed by atoms with Crippen LogP contribution >= 0.6 is 0 Å². The van der Waals surface area contributed by atoms with Gasteiger partial charge in [0, 0.05) is 6.04 Å². The summed E-state index contributed by atoms with van der Waals surface area (Å²) >= 11 is 0. The summed E-state index contributed by atoms with van der Waals surface area (Å²) in [6.45, 7) is 6.85. The minimum atomic E-state index is -3.34. The van der Waals surface area contributed by atoms with E-state index in [1.165, 1.54) is 0 Å². The molecule has 0 aliphatic rings. The number of hydrogen-bond acceptors (Lipinski definition) is 3. The summed E-state index contributed by atoms with van der Waals surface area (Å²) < 4.78 is 31.0. The second-order valence-electron chi connectivity index (χ2n) is 5.23. The lowest BCUT2D eigenvalue weighted by atomic mass is 10.1. The largest absolute Gasteiger partial charge is 0.497 e. The third kappa shape index (κ3) is 3.46. The minimum Gasteiger partial charge on any atom is -0.497 e. The first-order valence-electron chi connectivity index (χ1n) is 5.83. The minimum absolute atomic E-state index is 0.264. The smallest absolute Gasteiger partial charge is 0.217 e. The highest BCUT2D eigenvalue weighted by atomic mass is 32.2. The zero-order valence-corrected chi connectivity index (χ0v) is 12.3. The summed E-state index contributed by atoms with van der Waals surface area (Å²) in [5.74, 6) is 0.754. The van der Waals surface area contributed by atoms with Gasteiger partial charge in [0.05, 0.1) is 11.9 Å². The molecule has 0 unspecified atom stereocenters. The van der Waals surface area contributed by atoms with E-state index in [0.717, 1.165) is 11.3 Å². The highest BCUT2D eigenvalue weighted by Crippen LogP contribution is 2.21. The summed E-state index contributed by atoms with van der Waals surface area (Å²) in [6.07, 6.45) is 0. The second kappa shape index (κ2) is 5.28. The van der Waals surface area contributed by atoms with E-state index in [9.17, 15) is 8.42 Å². The van der Waals surface area contributed by atoms with E-state index in [0.29, 0.717) is 0 Å². The molecule has 0 heterocycles. The van der Waals surface area contributed by atoms with Gasteiger partial charge >= 0.3 is 0 Å². The molecule has 0 aliphatic carbocycles. The van der Waals surface area contributed by atoms with Crippen molar-refractivity contribution in [2.24, 2.45) is 0 Å². The van der Waals surface area contributed by atoms with Crippen LogP contribution in [0.5, 0.6) is 5.75 Å². The van der Waals surface area contributed by atoms with Crippen molar-refractivity contribution in [2.75, 3.05) is 7.11 Å². The van der Waals surface area contributed by atoms with Crippen LogP contribution in [0.3, 0.4) is 0 Å². The molecule has 0 aliphatic heterocycles. The Kier molecular flexibility index (Phi) is 4.40. The summed E-state index contributed by atoms with van der Waals surface area (Å²) in [6, 6.07) is 7.08. The average molecular weight is 271 g/mol. The summed E-state index contributed by atoms with van der Waals surface area (Å²) in [7, 11) is -1.74. The van der Waals surface area contributed by atoms with Crippen molar-refractivity contribution in [3.63, 3.8) is 0 Å². The third-order valence-electron chi connectivity index (χ3n) is 2.75. The monoisotopic (exact) mass is 271 g/mol. The molecule has 1 rings (SSSR count). The van der Waals surface area contributed by atoms with Gasteiger partial charge in [0.1, 0.15) is 5.75 Å². The number of ether oxygens (including phenoxy) is 1. The van der Waals surface area contributed by atoms with Gasteiger partial charge in [-0.15, -0.1) is 0 Å². The van der Waals surface area contributed by atoms with E-state index in [1.807, 2.05) is 31.2 Å². The van der Waals surface area contributed by atoms with Crippen molar-refractivity contribution in [3.05, 3.63) is 29.8 Å². The zero-order valence-electron chi connectivity index (χ0n) is 11.5. The van der Waals surface area contributed by atoms with Crippen molar-refractivity contribution in [1.29, 1.82) is 0 Å². The van der Waals surface area contributed by atoms with E-state index in [1.54, 1.807) is 27.9 Å². The van der Waals surface area contributed by atoms with Gasteiger partial charge in [0.25, 0.3) is 0 Å². The number of hydrogen-bond donors (Lipinski definition) is 1. The molecule has 1 atom stereocenters. The molecular weight excluding hydrogens is 250 g/mol. The number of rotatable bonds is 4. The van der Waals surface area contributed by atoms with Crippen molar-refractivity contribution in [2.45, 2.75) is 38.5 Å². The van der Waals surface area contributed by atoms with Crippen LogP contribution in [0, 0.1) is 0 Å². The van der Waals surface area contributed by atoms with Crippen LogP contribution in [0.2, 0.25) is 0 Å². The molecule has 0 amide bonds. The topological polar surface area (TPSA) is 55.4 Å². The first-order chi connectivity index (χ1) is 8.17. The molecular formula is C13H21NO3S. The fourth-order valence-electron chi connectivity index (χ4n) is 1.37. The SMILES string of the molecule is COc1ccc([C@@H](C)NS(=O)(=O)C(C)(C)C)cc1. The van der Waals surface area contributed by atoms with E-state index in [-0.39, 0.29) is 6.04 Å². The lowest BCUT2D eigenvalue weighted by molar-refractivity contribution is 0.414. The van der Waals surface area contributed by atoms with Gasteiger partial charge in [0.15, 0.2) is 0 Å². The van der Waals surface area contributed by atoms with Gasteiger partial charge in [-0.25, -0.2) is 13.1 Å². The first-order valence-corrected chi connectivity index (χ1v) is 7.31. The summed E-state index contributed by atoms with van der Waals surface area (Å²) in [4.78, 5) is 0. The van der Waals surface area contributed by atoms with E-state index < -0.39 is 14.8 Å². The molecule has 18 heavy (non-hydrogen) atoms. The number of nitrogens with one attached hydrogen (secondary N) is 1. The lowest BCUT2D eigenvalue weighted by Crippen LogP contribution is -2.40. The van der Waals surface area contributed by atoms with Gasteiger partial charge in [-0.1, -0.05) is 12.1 Å². The molecule has 5 heteroatoms. The molecule has 102 valence electrons. The van der Waals surface area contributed by atoms with Crippen LogP contribution in [-0.2, 0) is 10.0 Å². The van der Waals surface area contributed by atoms with E-state index in [2.05, 4.69) is 4.72 Å². The number of methoxy groups -OCH3 is 1. The Labute approximate surface area is 109 Å². The Morgan fingerprint density at radius 3 is 2.06 bits per heavy atom. The molecule has 0 fully saturated rings. The van der Waals surface area contributed by atoms with Crippen molar-refractivity contribution in [1.82, 2.24) is 4.72 Å². The van der Waals surface area contributed by atoms with Gasteiger partial charge in [-0.05, 0) is 45.4 Å². The third-order valence-corrected chi connectivity index (χ3v) is 5.03. The maximum Gasteiger partial charge on any atom is 0.217 e. The van der Waals surface area contributed by atoms with Crippen LogP contribution in [0.15, 0.2) is 24.3 Å². The van der Waals surface area contributed by atoms with Gasteiger partial charge < -0.3 is 4.74 Å². The van der Waals surface area contributed by atoms with Crippen LogP contribution in [0.4, 0.5) is 0 Å². The van der Waals surface area contributed by atoms with Gasteiger partial charge in [-0.3, -0.25) is 0 Å². The Hall–Kier alpha value is -1.07. The molecule has 4 nitrogen and oxygen atoms in total. The molecule has 0 radical (unpaired) electrons. The average Bonchev–Trinajstić information content (AvgIpc) is 2.27. The number of sulfonamides is 1. The molecule has 0 spiro atoms. The Morgan fingerprint density at radius 1 is 1.17 bits per heavy atom. The highest BCUT2D eigenvalue weighted by molar-refractivity contribution is 7.90. The van der Waals surface area contributed by atoms with E-state index in [4.69, 9.17) is 4.74 Å². The molecule has 0 bridgehead atoms. The molecule has 0 aromatic heterocycles. The summed E-state index contributed by atoms with van der Waals surface area (Å²) in [5.41, 5.74) is 0.906. The predicted molar refractivity (Wildman–Crippen MR) is 73.2 cm³/mol. The van der Waals surface area contributed by atoms with Crippen molar-refractivity contribution >= 4 is 10.0 Å². The number of benzene rings is 1. The molecule has 1 aromatic rings. The highest BCUT2D eigenvalue weighted by Gasteiger charge is 2.30. The van der Waals surface area contributed by atoms with Gasteiger partial charge in [0.2, 0.25) is 10.0 Å². The van der Waals surface area contributed by atoms with Gasteiger partial charge in [-0.2, -0.15) is 0 Å². The molecule has 1 N–H and O–H groups in total. The van der Waals surface area contributed by atoms with Crippen LogP contribution < -0.4 is 9.46 Å². The maximum absolute atomic E-state index is 12.0. The van der Waals surface area contributed by atoms with Crippen molar-refractivity contribution in [3.8, 4) is 5.75 Å². The Morgan fingerprint density at radius 2 is 1.67 bits per heavy atom. The standard InChI is InChI=1S/C13H21NO3S/c1-10(14-18(15,16)13(2,3)4)11-6-8-12(17-5)9-7-11/h6-10,14H,1-5H3/t10-/m1/s1. The van der Waals surface area contributed by atoms with Crippen LogP contribution in [-0.4, -0.2) is 20.3 Å². The normalized spacial score (nSPS) is 14.3. The molecule has 1 aromatic carbocycles. The quantitative estimate of drug-likeness (QED) is 0.915. The lowest BCUT2D eigenvalue weighted by Gasteiger charge is -2.23. The van der Waals surface area contributed by atoms with E-state index >= 15 is 0 Å². The fourth-order valence-corrected chi connectivity index (χ4v) is 2.33.